The topological polar surface area (TPSA) is 12.9 Å². The van der Waals surface area contributed by atoms with Gasteiger partial charge in [-0.3, -0.25) is 4.98 Å². The summed E-state index contributed by atoms with van der Waals surface area (Å²) in [6.45, 7) is 2.24. The van der Waals surface area contributed by atoms with Crippen LogP contribution in [0.25, 0.3) is 22.4 Å². The van der Waals surface area contributed by atoms with E-state index in [1.807, 2.05) is 12.3 Å². The lowest BCUT2D eigenvalue weighted by atomic mass is 9.92. The summed E-state index contributed by atoms with van der Waals surface area (Å²) in [7, 11) is 0. The van der Waals surface area contributed by atoms with Gasteiger partial charge in [0.2, 0.25) is 0 Å². The van der Waals surface area contributed by atoms with Crippen LogP contribution in [0.2, 0.25) is 0 Å². The minimum atomic E-state index is 0.349. The Morgan fingerprint density at radius 3 is 1.85 bits per heavy atom. The smallest absolute Gasteiger partial charge is 0.0704 e. The highest BCUT2D eigenvalue weighted by molar-refractivity contribution is 5.69. The lowest BCUT2D eigenvalue weighted by Gasteiger charge is -2.13. The summed E-state index contributed by atoms with van der Waals surface area (Å²) in [5, 5.41) is 0. The molecule has 1 atom stereocenters. The molecular weight excluding hydrogens is 314 g/mol. The van der Waals surface area contributed by atoms with Crippen LogP contribution in [-0.2, 0) is 0 Å². The van der Waals surface area contributed by atoms with Crippen LogP contribution < -0.4 is 0 Å². The first-order chi connectivity index (χ1) is 12.8. The molecule has 1 aromatic heterocycles. The Balaban J connectivity index is 1.62. The molecule has 26 heavy (non-hydrogen) atoms. The first-order valence-electron chi connectivity index (χ1n) is 8.98. The van der Waals surface area contributed by atoms with Crippen molar-refractivity contribution in [1.29, 1.82) is 0 Å². The molecule has 0 amide bonds. The van der Waals surface area contributed by atoms with Gasteiger partial charge in [-0.25, -0.2) is 0 Å². The van der Waals surface area contributed by atoms with Gasteiger partial charge in [0.1, 0.15) is 0 Å². The summed E-state index contributed by atoms with van der Waals surface area (Å²) in [4.78, 5) is 4.59. The highest BCUT2D eigenvalue weighted by Gasteiger charge is 2.10. The summed E-state index contributed by atoms with van der Waals surface area (Å²) in [5.41, 5.74) is 7.23. The molecule has 0 aliphatic rings. The molecule has 1 heterocycles. The highest BCUT2D eigenvalue weighted by atomic mass is 14.7. The van der Waals surface area contributed by atoms with Crippen molar-refractivity contribution >= 4 is 0 Å². The van der Waals surface area contributed by atoms with Crippen molar-refractivity contribution < 1.29 is 0 Å². The van der Waals surface area contributed by atoms with Gasteiger partial charge in [0, 0.05) is 17.7 Å². The molecule has 3 aromatic carbocycles. The fourth-order valence-electron chi connectivity index (χ4n) is 3.27. The number of benzene rings is 3. The number of hydrogen-bond acceptors (Lipinski definition) is 1. The van der Waals surface area contributed by atoms with E-state index in [9.17, 15) is 0 Å². The summed E-state index contributed by atoms with van der Waals surface area (Å²) in [5.74, 6) is 0.349. The van der Waals surface area contributed by atoms with Crippen LogP contribution in [0.4, 0.5) is 0 Å². The lowest BCUT2D eigenvalue weighted by molar-refractivity contribution is 0.918. The number of aromatic nitrogens is 1. The van der Waals surface area contributed by atoms with E-state index in [0.717, 1.165) is 11.3 Å². The molecular formula is C25H21N. The van der Waals surface area contributed by atoms with E-state index in [0.29, 0.717) is 5.92 Å². The van der Waals surface area contributed by atoms with Gasteiger partial charge >= 0.3 is 0 Å². The van der Waals surface area contributed by atoms with Gasteiger partial charge in [0.05, 0.1) is 5.69 Å². The van der Waals surface area contributed by atoms with E-state index in [2.05, 4.69) is 103 Å². The Hall–Kier alpha value is -3.19. The number of hydrogen-bond donors (Lipinski definition) is 0. The second-order valence-electron chi connectivity index (χ2n) is 6.55. The molecule has 0 N–H and O–H groups in total. The quantitative estimate of drug-likeness (QED) is 0.411. The van der Waals surface area contributed by atoms with Gasteiger partial charge < -0.3 is 0 Å². The fourth-order valence-corrected chi connectivity index (χ4v) is 3.27. The monoisotopic (exact) mass is 335 g/mol. The summed E-state index contributed by atoms with van der Waals surface area (Å²) in [6.07, 6.45) is 1.91. The van der Waals surface area contributed by atoms with Crippen LogP contribution >= 0.6 is 0 Å². The van der Waals surface area contributed by atoms with Crippen LogP contribution in [0.5, 0.6) is 0 Å². The van der Waals surface area contributed by atoms with E-state index in [1.54, 1.807) is 0 Å². The predicted octanol–water partition coefficient (Wildman–Crippen LogP) is 6.57. The van der Waals surface area contributed by atoms with E-state index in [4.69, 9.17) is 0 Å². The third-order valence-electron chi connectivity index (χ3n) is 4.87. The zero-order chi connectivity index (χ0) is 17.8. The maximum atomic E-state index is 4.59. The van der Waals surface area contributed by atoms with Crippen molar-refractivity contribution in [3.8, 4) is 22.4 Å². The summed E-state index contributed by atoms with van der Waals surface area (Å²) < 4.78 is 0. The minimum absolute atomic E-state index is 0.349. The largest absolute Gasteiger partial charge is 0.256 e. The van der Waals surface area contributed by atoms with Crippen molar-refractivity contribution in [1.82, 2.24) is 4.98 Å². The molecule has 0 saturated heterocycles. The number of pyridine rings is 1. The van der Waals surface area contributed by atoms with E-state index in [-0.39, 0.29) is 0 Å². The molecule has 0 saturated carbocycles. The van der Waals surface area contributed by atoms with Crippen LogP contribution in [0.1, 0.15) is 24.0 Å². The van der Waals surface area contributed by atoms with E-state index in [1.165, 1.54) is 22.3 Å². The first-order valence-corrected chi connectivity index (χ1v) is 8.98. The molecule has 0 radical (unpaired) electrons. The molecule has 1 heteroatoms. The van der Waals surface area contributed by atoms with Crippen molar-refractivity contribution in [2.75, 3.05) is 0 Å². The Morgan fingerprint density at radius 2 is 1.15 bits per heavy atom. The SMILES string of the molecule is CC(c1ccccc1)c1ccnc(-c2ccc(-c3ccccc3)cc2)c1. The summed E-state index contributed by atoms with van der Waals surface area (Å²) >= 11 is 0. The van der Waals surface area contributed by atoms with Crippen molar-refractivity contribution in [2.45, 2.75) is 12.8 Å². The van der Waals surface area contributed by atoms with Crippen LogP contribution in [-0.4, -0.2) is 4.98 Å². The predicted molar refractivity (Wildman–Crippen MR) is 109 cm³/mol. The van der Waals surface area contributed by atoms with Gasteiger partial charge in [-0.2, -0.15) is 0 Å². The molecule has 1 nitrogen and oxygen atoms in total. The van der Waals surface area contributed by atoms with Gasteiger partial charge in [-0.1, -0.05) is 91.9 Å². The second kappa shape index (κ2) is 7.37. The van der Waals surface area contributed by atoms with Gasteiger partial charge in [-0.05, 0) is 34.4 Å². The maximum absolute atomic E-state index is 4.59. The number of rotatable bonds is 4. The molecule has 1 unspecified atom stereocenters. The minimum Gasteiger partial charge on any atom is -0.256 e. The van der Waals surface area contributed by atoms with Crippen LogP contribution in [0.15, 0.2) is 103 Å². The average molecular weight is 335 g/mol. The van der Waals surface area contributed by atoms with E-state index < -0.39 is 0 Å². The first kappa shape index (κ1) is 16.3. The Bertz CT molecular complexity index is 973. The third kappa shape index (κ3) is 3.43. The van der Waals surface area contributed by atoms with Crippen LogP contribution in [0.3, 0.4) is 0 Å². The van der Waals surface area contributed by atoms with Gasteiger partial charge in [-0.15, -0.1) is 0 Å². The summed E-state index contributed by atoms with van der Waals surface area (Å²) in [6, 6.07) is 34.0. The average Bonchev–Trinajstić information content (AvgIpc) is 2.75. The molecule has 0 bridgehead atoms. The van der Waals surface area contributed by atoms with E-state index >= 15 is 0 Å². The Labute approximate surface area is 155 Å². The molecule has 0 aliphatic heterocycles. The van der Waals surface area contributed by atoms with Crippen molar-refractivity contribution in [3.05, 3.63) is 114 Å². The van der Waals surface area contributed by atoms with Gasteiger partial charge in [0.25, 0.3) is 0 Å². The normalized spacial score (nSPS) is 11.9. The van der Waals surface area contributed by atoms with Crippen molar-refractivity contribution in [3.63, 3.8) is 0 Å². The second-order valence-corrected chi connectivity index (χ2v) is 6.55. The van der Waals surface area contributed by atoms with Crippen LogP contribution in [0, 0.1) is 0 Å². The standard InChI is InChI=1S/C25H21N/c1-19(20-8-4-2-5-9-20)24-16-17-26-25(18-24)23-14-12-22(13-15-23)21-10-6-3-7-11-21/h2-19H,1H3. The zero-order valence-corrected chi connectivity index (χ0v) is 14.8. The molecule has 126 valence electrons. The highest BCUT2D eigenvalue weighted by Crippen LogP contribution is 2.28. The Kier molecular flexibility index (Phi) is 4.61. The molecule has 0 spiro atoms. The zero-order valence-electron chi connectivity index (χ0n) is 14.8. The fraction of sp³-hybridized carbons (Fsp3) is 0.0800. The van der Waals surface area contributed by atoms with Crippen molar-refractivity contribution in [2.24, 2.45) is 0 Å². The molecule has 4 rings (SSSR count). The Morgan fingerprint density at radius 1 is 0.577 bits per heavy atom. The molecule has 0 fully saturated rings. The lowest BCUT2D eigenvalue weighted by Crippen LogP contribution is -1.97. The number of nitrogens with zero attached hydrogens (tertiary/aromatic N) is 1. The van der Waals surface area contributed by atoms with Gasteiger partial charge in [0.15, 0.2) is 0 Å². The molecule has 0 aliphatic carbocycles. The third-order valence-corrected chi connectivity index (χ3v) is 4.87. The molecule has 4 aromatic rings. The maximum Gasteiger partial charge on any atom is 0.0704 e.